The molecule has 2 heterocycles. The third kappa shape index (κ3) is 1.10. The first-order chi connectivity index (χ1) is 8.34. The number of fused-ring (bicyclic) bond motifs is 4. The van der Waals surface area contributed by atoms with E-state index in [1.54, 1.807) is 0 Å². The highest BCUT2D eigenvalue weighted by Crippen LogP contribution is 2.38. The molecular weight excluding hydrogens is 234 g/mol. The highest BCUT2D eigenvalue weighted by molar-refractivity contribution is 6.42. The summed E-state index contributed by atoms with van der Waals surface area (Å²) in [6.07, 6.45) is 1.89. The van der Waals surface area contributed by atoms with Crippen LogP contribution in [0.2, 0.25) is 5.02 Å². The van der Waals surface area contributed by atoms with Gasteiger partial charge in [0.2, 0.25) is 0 Å². The van der Waals surface area contributed by atoms with Crippen LogP contribution in [0.3, 0.4) is 0 Å². The monoisotopic (exact) mass is 241 g/mol. The van der Waals surface area contributed by atoms with Crippen LogP contribution >= 0.6 is 11.6 Å². The van der Waals surface area contributed by atoms with E-state index in [1.807, 2.05) is 42.6 Å². The van der Waals surface area contributed by atoms with Crippen LogP contribution in [0.25, 0.3) is 32.8 Å². The van der Waals surface area contributed by atoms with Crippen molar-refractivity contribution in [2.45, 2.75) is 0 Å². The van der Waals surface area contributed by atoms with Gasteiger partial charge in [0.25, 0.3) is 0 Å². The van der Waals surface area contributed by atoms with E-state index < -0.39 is 0 Å². The predicted octanol–water partition coefficient (Wildman–Crippen LogP) is 4.72. The summed E-state index contributed by atoms with van der Waals surface area (Å²) in [6, 6.07) is 11.9. The molecule has 0 atom stereocenters. The van der Waals surface area contributed by atoms with Gasteiger partial charge in [0.1, 0.15) is 11.2 Å². The Kier molecular flexibility index (Phi) is 1.64. The average molecular weight is 242 g/mol. The zero-order valence-corrected chi connectivity index (χ0v) is 9.58. The molecule has 0 bridgehead atoms. The summed E-state index contributed by atoms with van der Waals surface area (Å²) in [4.78, 5) is 3.15. The molecule has 2 aromatic heterocycles. The molecule has 4 aromatic rings. The average Bonchev–Trinajstić information content (AvgIpc) is 2.92. The number of rotatable bonds is 0. The second kappa shape index (κ2) is 3.05. The van der Waals surface area contributed by atoms with Crippen LogP contribution in [0, 0.1) is 0 Å². The van der Waals surface area contributed by atoms with Crippen molar-refractivity contribution >= 4 is 44.4 Å². The van der Waals surface area contributed by atoms with Crippen LogP contribution in [-0.4, -0.2) is 4.98 Å². The van der Waals surface area contributed by atoms with Crippen LogP contribution in [0.5, 0.6) is 0 Å². The maximum Gasteiger partial charge on any atom is 0.139 e. The van der Waals surface area contributed by atoms with Crippen molar-refractivity contribution in [3.05, 3.63) is 47.6 Å². The van der Waals surface area contributed by atoms with E-state index in [2.05, 4.69) is 4.98 Å². The van der Waals surface area contributed by atoms with E-state index >= 15 is 0 Å². The van der Waals surface area contributed by atoms with Crippen molar-refractivity contribution in [3.8, 4) is 0 Å². The normalized spacial score (nSPS) is 11.8. The van der Waals surface area contributed by atoms with Crippen LogP contribution in [-0.2, 0) is 0 Å². The summed E-state index contributed by atoms with van der Waals surface area (Å²) in [5, 5.41) is 3.85. The van der Waals surface area contributed by atoms with Crippen LogP contribution < -0.4 is 0 Å². The molecule has 2 nitrogen and oxygen atoms in total. The number of aromatic nitrogens is 1. The predicted molar refractivity (Wildman–Crippen MR) is 70.6 cm³/mol. The molecule has 0 unspecified atom stereocenters. The smallest absolute Gasteiger partial charge is 0.139 e. The van der Waals surface area contributed by atoms with E-state index in [0.717, 1.165) is 37.9 Å². The maximum absolute atomic E-state index is 6.46. The molecule has 17 heavy (non-hydrogen) atoms. The standard InChI is InChI=1S/C14H8ClNO/c15-14-8-5-6-16-10(8)7-12-13(14)9-3-1-2-4-11(9)17-12/h1-7,16H. The molecule has 2 aromatic carbocycles. The lowest BCUT2D eigenvalue weighted by Crippen LogP contribution is -1.72. The van der Waals surface area contributed by atoms with E-state index in [0.29, 0.717) is 0 Å². The molecule has 0 spiro atoms. The van der Waals surface area contributed by atoms with Crippen LogP contribution in [0.15, 0.2) is 47.0 Å². The molecule has 0 saturated carbocycles. The van der Waals surface area contributed by atoms with Gasteiger partial charge in [0, 0.05) is 28.4 Å². The fourth-order valence-corrected chi connectivity index (χ4v) is 2.71. The van der Waals surface area contributed by atoms with Gasteiger partial charge in [-0.15, -0.1) is 0 Å². The third-order valence-corrected chi connectivity index (χ3v) is 3.53. The molecule has 0 fully saturated rings. The SMILES string of the molecule is Clc1c2cc[nH]c2cc2oc3ccccc3c12. The maximum atomic E-state index is 6.46. The molecule has 0 aliphatic rings. The number of nitrogens with one attached hydrogen (secondary N) is 1. The lowest BCUT2D eigenvalue weighted by molar-refractivity contribution is 0.669. The van der Waals surface area contributed by atoms with Gasteiger partial charge >= 0.3 is 0 Å². The molecule has 0 amide bonds. The second-order valence-corrected chi connectivity index (χ2v) is 4.48. The van der Waals surface area contributed by atoms with Gasteiger partial charge in [-0.05, 0) is 12.1 Å². The van der Waals surface area contributed by atoms with Gasteiger partial charge < -0.3 is 9.40 Å². The summed E-state index contributed by atoms with van der Waals surface area (Å²) in [7, 11) is 0. The van der Waals surface area contributed by atoms with E-state index in [9.17, 15) is 0 Å². The van der Waals surface area contributed by atoms with Crippen molar-refractivity contribution in [2.75, 3.05) is 0 Å². The van der Waals surface area contributed by atoms with Gasteiger partial charge in [-0.25, -0.2) is 0 Å². The Morgan fingerprint density at radius 2 is 1.88 bits per heavy atom. The van der Waals surface area contributed by atoms with Crippen LogP contribution in [0.1, 0.15) is 0 Å². The number of furan rings is 1. The Balaban J connectivity index is 2.37. The highest BCUT2D eigenvalue weighted by atomic mass is 35.5. The number of H-pyrrole nitrogens is 1. The Morgan fingerprint density at radius 3 is 2.82 bits per heavy atom. The first-order valence-corrected chi connectivity index (χ1v) is 5.79. The van der Waals surface area contributed by atoms with Gasteiger partial charge in [-0.1, -0.05) is 29.8 Å². The fourth-order valence-electron chi connectivity index (χ4n) is 2.35. The molecule has 0 aliphatic heterocycles. The minimum atomic E-state index is 0.753. The lowest BCUT2D eigenvalue weighted by atomic mass is 10.1. The molecule has 1 N–H and O–H groups in total. The second-order valence-electron chi connectivity index (χ2n) is 4.10. The molecule has 0 radical (unpaired) electrons. The minimum Gasteiger partial charge on any atom is -0.456 e. The van der Waals surface area contributed by atoms with E-state index in [4.69, 9.17) is 16.0 Å². The number of halogens is 1. The summed E-state index contributed by atoms with van der Waals surface area (Å²) in [6.45, 7) is 0. The summed E-state index contributed by atoms with van der Waals surface area (Å²) >= 11 is 6.46. The van der Waals surface area contributed by atoms with Crippen LogP contribution in [0.4, 0.5) is 0 Å². The highest BCUT2D eigenvalue weighted by Gasteiger charge is 2.13. The summed E-state index contributed by atoms with van der Waals surface area (Å²) in [5.74, 6) is 0. The first-order valence-electron chi connectivity index (χ1n) is 5.41. The topological polar surface area (TPSA) is 28.9 Å². The third-order valence-electron chi connectivity index (χ3n) is 3.13. The Hall–Kier alpha value is -1.93. The Labute approximate surface area is 102 Å². The van der Waals surface area contributed by atoms with E-state index in [1.165, 1.54) is 0 Å². The summed E-state index contributed by atoms with van der Waals surface area (Å²) < 4.78 is 5.81. The quantitative estimate of drug-likeness (QED) is 0.474. The molecule has 4 rings (SSSR count). The van der Waals surface area contributed by atoms with Crippen molar-refractivity contribution < 1.29 is 4.42 Å². The number of hydrogen-bond donors (Lipinski definition) is 1. The van der Waals surface area contributed by atoms with Crippen molar-refractivity contribution in [1.82, 2.24) is 4.98 Å². The zero-order chi connectivity index (χ0) is 11.4. The number of benzene rings is 2. The molecule has 3 heteroatoms. The van der Waals surface area contributed by atoms with Gasteiger partial charge in [0.05, 0.1) is 10.5 Å². The summed E-state index contributed by atoms with van der Waals surface area (Å²) in [5.41, 5.74) is 2.70. The van der Waals surface area contributed by atoms with Crippen molar-refractivity contribution in [1.29, 1.82) is 0 Å². The number of para-hydroxylation sites is 1. The van der Waals surface area contributed by atoms with Gasteiger partial charge in [0.15, 0.2) is 0 Å². The van der Waals surface area contributed by atoms with E-state index in [-0.39, 0.29) is 0 Å². The first kappa shape index (κ1) is 9.14. The minimum absolute atomic E-state index is 0.753. The Morgan fingerprint density at radius 1 is 1.00 bits per heavy atom. The molecule has 82 valence electrons. The number of aromatic amines is 1. The van der Waals surface area contributed by atoms with Gasteiger partial charge in [-0.3, -0.25) is 0 Å². The lowest BCUT2D eigenvalue weighted by Gasteiger charge is -1.96. The molecular formula is C14H8ClNO. The van der Waals surface area contributed by atoms with Crippen molar-refractivity contribution in [2.24, 2.45) is 0 Å². The van der Waals surface area contributed by atoms with Gasteiger partial charge in [-0.2, -0.15) is 0 Å². The van der Waals surface area contributed by atoms with Crippen molar-refractivity contribution in [3.63, 3.8) is 0 Å². The fraction of sp³-hybridized carbons (Fsp3) is 0. The molecule has 0 saturated heterocycles. The molecule has 0 aliphatic carbocycles. The Bertz CT molecular complexity index is 856. The largest absolute Gasteiger partial charge is 0.456 e. The number of hydrogen-bond acceptors (Lipinski definition) is 1. The zero-order valence-electron chi connectivity index (χ0n) is 8.83.